The summed E-state index contributed by atoms with van der Waals surface area (Å²) in [5.74, 6) is 1.01. The van der Waals surface area contributed by atoms with E-state index in [4.69, 9.17) is 4.98 Å². The van der Waals surface area contributed by atoms with Crippen molar-refractivity contribution in [2.45, 2.75) is 58.4 Å². The van der Waals surface area contributed by atoms with E-state index in [1.165, 1.54) is 37.7 Å². The molecule has 2 aromatic heterocycles. The van der Waals surface area contributed by atoms with Gasteiger partial charge >= 0.3 is 6.03 Å². The second kappa shape index (κ2) is 8.64. The van der Waals surface area contributed by atoms with E-state index in [9.17, 15) is 4.79 Å². The van der Waals surface area contributed by atoms with Gasteiger partial charge in [0.1, 0.15) is 11.3 Å². The predicted molar refractivity (Wildman–Crippen MR) is 116 cm³/mol. The summed E-state index contributed by atoms with van der Waals surface area (Å²) in [4.78, 5) is 21.7. The molecule has 0 atom stereocenters. The van der Waals surface area contributed by atoms with Gasteiger partial charge in [0.15, 0.2) is 5.65 Å². The molecule has 6 nitrogen and oxygen atoms in total. The molecule has 1 fully saturated rings. The lowest BCUT2D eigenvalue weighted by atomic mass is 9.95. The number of carbonyl (C=O) groups is 1. The van der Waals surface area contributed by atoms with Gasteiger partial charge in [0.05, 0.1) is 0 Å². The largest absolute Gasteiger partial charge is 0.337 e. The number of amides is 2. The Balaban J connectivity index is 1.42. The number of carbonyl (C=O) groups excluding carboxylic acids is 1. The molecule has 2 amide bonds. The van der Waals surface area contributed by atoms with Gasteiger partial charge in [-0.3, -0.25) is 0 Å². The maximum atomic E-state index is 12.3. The zero-order valence-corrected chi connectivity index (χ0v) is 17.2. The van der Waals surface area contributed by atoms with E-state index >= 15 is 0 Å². The number of anilines is 1. The van der Waals surface area contributed by atoms with Crippen LogP contribution in [-0.2, 0) is 6.42 Å². The Morgan fingerprint density at radius 1 is 1.14 bits per heavy atom. The first-order valence-corrected chi connectivity index (χ1v) is 10.6. The molecule has 2 heterocycles. The highest BCUT2D eigenvalue weighted by Gasteiger charge is 2.21. The Morgan fingerprint density at radius 3 is 2.76 bits per heavy atom. The number of hydrogen-bond acceptors (Lipinski definition) is 3. The zero-order chi connectivity index (χ0) is 20.2. The number of nitrogens with zero attached hydrogens (tertiary/aromatic N) is 3. The smallest absolute Gasteiger partial charge is 0.319 e. The maximum Gasteiger partial charge on any atom is 0.319 e. The minimum atomic E-state index is -0.188. The van der Waals surface area contributed by atoms with Crippen LogP contribution in [0.3, 0.4) is 0 Å². The van der Waals surface area contributed by atoms with E-state index in [-0.39, 0.29) is 6.03 Å². The van der Waals surface area contributed by atoms with Gasteiger partial charge in [-0.15, -0.1) is 0 Å². The summed E-state index contributed by atoms with van der Waals surface area (Å²) in [5, 5.41) is 5.88. The van der Waals surface area contributed by atoms with Crippen molar-refractivity contribution in [3.8, 4) is 0 Å². The molecular weight excluding hydrogens is 362 g/mol. The topological polar surface area (TPSA) is 71.8 Å². The number of nitrogens with one attached hydrogen (secondary N) is 2. The summed E-state index contributed by atoms with van der Waals surface area (Å²) >= 11 is 0. The minimum Gasteiger partial charge on any atom is -0.337 e. The molecule has 1 aromatic carbocycles. The quantitative estimate of drug-likeness (QED) is 0.648. The number of aromatic nitrogens is 3. The predicted octanol–water partition coefficient (Wildman–Crippen LogP) is 4.92. The molecule has 1 aliphatic rings. The first-order valence-electron chi connectivity index (χ1n) is 10.6. The molecule has 0 unspecified atom stereocenters. The Labute approximate surface area is 171 Å². The second-order valence-corrected chi connectivity index (χ2v) is 7.97. The highest BCUT2D eigenvalue weighted by molar-refractivity contribution is 5.89. The maximum absolute atomic E-state index is 12.3. The first kappa shape index (κ1) is 19.4. The SMILES string of the molecule is Cc1ccc(NC(=O)NCCc2nc3cccnc3n2C2CCCCC2)cc1C. The average Bonchev–Trinajstić information content (AvgIpc) is 3.09. The highest BCUT2D eigenvalue weighted by Crippen LogP contribution is 2.31. The molecule has 6 heteroatoms. The van der Waals surface area contributed by atoms with Crippen molar-refractivity contribution in [3.05, 3.63) is 53.5 Å². The first-order chi connectivity index (χ1) is 14.1. The van der Waals surface area contributed by atoms with Gasteiger partial charge in [-0.1, -0.05) is 25.3 Å². The van der Waals surface area contributed by atoms with Crippen LogP contribution in [0.15, 0.2) is 36.5 Å². The molecule has 0 radical (unpaired) electrons. The normalized spacial score (nSPS) is 14.8. The lowest BCUT2D eigenvalue weighted by molar-refractivity contribution is 0.252. The Kier molecular flexibility index (Phi) is 5.79. The van der Waals surface area contributed by atoms with Crippen molar-refractivity contribution in [2.75, 3.05) is 11.9 Å². The summed E-state index contributed by atoms with van der Waals surface area (Å²) in [6, 6.07) is 10.2. The Morgan fingerprint density at radius 2 is 1.97 bits per heavy atom. The molecule has 152 valence electrons. The molecule has 1 aliphatic carbocycles. The van der Waals surface area contributed by atoms with Crippen LogP contribution in [0.5, 0.6) is 0 Å². The fraction of sp³-hybridized carbons (Fsp3) is 0.435. The van der Waals surface area contributed by atoms with Crippen LogP contribution in [0.2, 0.25) is 0 Å². The monoisotopic (exact) mass is 391 g/mol. The minimum absolute atomic E-state index is 0.188. The number of pyridine rings is 1. The van der Waals surface area contributed by atoms with Crippen LogP contribution in [0, 0.1) is 13.8 Å². The van der Waals surface area contributed by atoms with E-state index < -0.39 is 0 Å². The molecule has 4 rings (SSSR count). The van der Waals surface area contributed by atoms with Crippen LogP contribution in [0.1, 0.15) is 55.1 Å². The fourth-order valence-corrected chi connectivity index (χ4v) is 4.16. The molecule has 0 bridgehead atoms. The van der Waals surface area contributed by atoms with E-state index in [1.807, 2.05) is 43.5 Å². The third kappa shape index (κ3) is 4.42. The third-order valence-corrected chi connectivity index (χ3v) is 5.86. The molecule has 0 saturated heterocycles. The van der Waals surface area contributed by atoms with Crippen molar-refractivity contribution < 1.29 is 4.79 Å². The van der Waals surface area contributed by atoms with Crippen LogP contribution >= 0.6 is 0 Å². The zero-order valence-electron chi connectivity index (χ0n) is 17.2. The summed E-state index contributed by atoms with van der Waals surface area (Å²) < 4.78 is 2.32. The third-order valence-electron chi connectivity index (χ3n) is 5.86. The van der Waals surface area contributed by atoms with Crippen molar-refractivity contribution in [1.82, 2.24) is 19.9 Å². The Hall–Kier alpha value is -2.89. The van der Waals surface area contributed by atoms with E-state index in [2.05, 4.69) is 27.1 Å². The summed E-state index contributed by atoms with van der Waals surface area (Å²) in [5.41, 5.74) is 5.09. The summed E-state index contributed by atoms with van der Waals surface area (Å²) in [6.45, 7) is 4.64. The van der Waals surface area contributed by atoms with E-state index in [0.29, 0.717) is 19.0 Å². The second-order valence-electron chi connectivity index (χ2n) is 7.97. The summed E-state index contributed by atoms with van der Waals surface area (Å²) in [6.07, 6.45) is 8.70. The van der Waals surface area contributed by atoms with Crippen LogP contribution in [-0.4, -0.2) is 27.1 Å². The van der Waals surface area contributed by atoms with Gasteiger partial charge in [0.2, 0.25) is 0 Å². The molecule has 1 saturated carbocycles. The number of urea groups is 1. The number of benzene rings is 1. The Bertz CT molecular complexity index is 1000. The number of imidazole rings is 1. The van der Waals surface area contributed by atoms with Gasteiger partial charge in [0, 0.05) is 30.9 Å². The van der Waals surface area contributed by atoms with Gasteiger partial charge in [0.25, 0.3) is 0 Å². The van der Waals surface area contributed by atoms with Crippen molar-refractivity contribution in [3.63, 3.8) is 0 Å². The standard InChI is InChI=1S/C23H29N5O/c1-16-10-11-18(15-17(16)2)26-23(29)25-14-12-21-27-20-9-6-13-24-22(20)28(21)19-7-4-3-5-8-19/h6,9-11,13,15,19H,3-5,7-8,12,14H2,1-2H3,(H2,25,26,29). The highest BCUT2D eigenvalue weighted by atomic mass is 16.2. The van der Waals surface area contributed by atoms with Crippen molar-refractivity contribution in [1.29, 1.82) is 0 Å². The van der Waals surface area contributed by atoms with E-state index in [1.54, 1.807) is 0 Å². The van der Waals surface area contributed by atoms with Gasteiger partial charge in [-0.05, 0) is 62.1 Å². The number of fused-ring (bicyclic) bond motifs is 1. The van der Waals surface area contributed by atoms with Crippen molar-refractivity contribution >= 4 is 22.9 Å². The van der Waals surface area contributed by atoms with Gasteiger partial charge in [-0.2, -0.15) is 0 Å². The molecule has 0 spiro atoms. The molecule has 0 aliphatic heterocycles. The van der Waals surface area contributed by atoms with Gasteiger partial charge in [-0.25, -0.2) is 14.8 Å². The molecule has 3 aromatic rings. The molecule has 2 N–H and O–H groups in total. The lowest BCUT2D eigenvalue weighted by Crippen LogP contribution is -2.31. The lowest BCUT2D eigenvalue weighted by Gasteiger charge is -2.25. The number of rotatable bonds is 5. The number of hydrogen-bond donors (Lipinski definition) is 2. The fourth-order valence-electron chi connectivity index (χ4n) is 4.16. The van der Waals surface area contributed by atoms with Crippen LogP contribution < -0.4 is 10.6 Å². The van der Waals surface area contributed by atoms with Crippen LogP contribution in [0.25, 0.3) is 11.2 Å². The number of aryl methyl sites for hydroxylation is 2. The van der Waals surface area contributed by atoms with Gasteiger partial charge < -0.3 is 15.2 Å². The molecular formula is C23H29N5O. The average molecular weight is 392 g/mol. The van der Waals surface area contributed by atoms with Crippen LogP contribution in [0.4, 0.5) is 10.5 Å². The van der Waals surface area contributed by atoms with Crippen molar-refractivity contribution in [2.24, 2.45) is 0 Å². The summed E-state index contributed by atoms with van der Waals surface area (Å²) in [7, 11) is 0. The molecule has 29 heavy (non-hydrogen) atoms. The van der Waals surface area contributed by atoms with E-state index in [0.717, 1.165) is 28.2 Å².